The van der Waals surface area contributed by atoms with Crippen LogP contribution in [0.15, 0.2) is 24.3 Å². The van der Waals surface area contributed by atoms with E-state index in [4.69, 9.17) is 4.74 Å². The summed E-state index contributed by atoms with van der Waals surface area (Å²) < 4.78 is 16.8. The van der Waals surface area contributed by atoms with Gasteiger partial charge in [-0.05, 0) is 24.3 Å². The van der Waals surface area contributed by atoms with Crippen molar-refractivity contribution < 1.29 is 13.9 Å². The summed E-state index contributed by atoms with van der Waals surface area (Å²) in [5.41, 5.74) is 1.67. The Bertz CT molecular complexity index is 313. The monoisotopic (exact) mass is 225 g/mol. The molecule has 0 saturated heterocycles. The van der Waals surface area contributed by atoms with Gasteiger partial charge in [0.2, 0.25) is 0 Å². The number of anilines is 1. The van der Waals surface area contributed by atoms with Crippen LogP contribution in [-0.4, -0.2) is 39.8 Å². The number of likely N-dealkylation sites (N-methyl/N-ethyl adjacent to an activating group) is 1. The van der Waals surface area contributed by atoms with E-state index in [9.17, 15) is 9.18 Å². The lowest BCUT2D eigenvalue weighted by atomic mass is 10.2. The number of alkyl halides is 1. The Hall–Kier alpha value is -1.42. The number of benzene rings is 1. The molecule has 0 saturated carbocycles. The highest BCUT2D eigenvalue weighted by molar-refractivity contribution is 5.75. The Morgan fingerprint density at radius 1 is 1.31 bits per heavy atom. The first kappa shape index (κ1) is 12.6. The van der Waals surface area contributed by atoms with Gasteiger partial charge < -0.3 is 9.64 Å². The highest BCUT2D eigenvalue weighted by Gasteiger charge is 2.00. The lowest BCUT2D eigenvalue weighted by Gasteiger charge is -2.19. The molecule has 1 aromatic rings. The van der Waals surface area contributed by atoms with Gasteiger partial charge in [-0.1, -0.05) is 0 Å². The zero-order valence-electron chi connectivity index (χ0n) is 9.36. The smallest absolute Gasteiger partial charge is 0.150 e. The van der Waals surface area contributed by atoms with E-state index in [1.807, 2.05) is 24.1 Å². The Balaban J connectivity index is 2.39. The van der Waals surface area contributed by atoms with Crippen LogP contribution in [0.3, 0.4) is 0 Å². The number of hydrogen-bond donors (Lipinski definition) is 0. The molecule has 0 atom stereocenters. The minimum atomic E-state index is -0.447. The lowest BCUT2D eigenvalue weighted by molar-refractivity contribution is 0.112. The van der Waals surface area contributed by atoms with Gasteiger partial charge in [-0.25, -0.2) is 4.39 Å². The normalized spacial score (nSPS) is 10.1. The minimum absolute atomic E-state index is 0.151. The van der Waals surface area contributed by atoms with E-state index in [-0.39, 0.29) is 6.61 Å². The SMILES string of the molecule is CN(CCOCCF)c1ccc(C=O)cc1. The molecule has 16 heavy (non-hydrogen) atoms. The maximum Gasteiger partial charge on any atom is 0.150 e. The van der Waals surface area contributed by atoms with Crippen molar-refractivity contribution in [1.82, 2.24) is 0 Å². The molecule has 0 fully saturated rings. The molecule has 1 rings (SSSR count). The van der Waals surface area contributed by atoms with E-state index < -0.39 is 6.67 Å². The van der Waals surface area contributed by atoms with Crippen LogP contribution >= 0.6 is 0 Å². The summed E-state index contributed by atoms with van der Waals surface area (Å²) in [7, 11) is 1.93. The molecule has 88 valence electrons. The summed E-state index contributed by atoms with van der Waals surface area (Å²) >= 11 is 0. The van der Waals surface area contributed by atoms with Gasteiger partial charge in [-0.15, -0.1) is 0 Å². The molecular weight excluding hydrogens is 209 g/mol. The maximum atomic E-state index is 11.8. The van der Waals surface area contributed by atoms with Crippen LogP contribution in [-0.2, 0) is 4.74 Å². The van der Waals surface area contributed by atoms with E-state index >= 15 is 0 Å². The van der Waals surface area contributed by atoms with Crippen molar-refractivity contribution in [2.75, 3.05) is 38.4 Å². The van der Waals surface area contributed by atoms with Crippen molar-refractivity contribution in [2.45, 2.75) is 0 Å². The van der Waals surface area contributed by atoms with E-state index in [1.165, 1.54) is 0 Å². The number of halogens is 1. The predicted molar refractivity (Wildman–Crippen MR) is 61.9 cm³/mol. The van der Waals surface area contributed by atoms with Gasteiger partial charge in [0.05, 0.1) is 13.2 Å². The topological polar surface area (TPSA) is 29.5 Å². The zero-order chi connectivity index (χ0) is 11.8. The summed E-state index contributed by atoms with van der Waals surface area (Å²) in [4.78, 5) is 12.5. The highest BCUT2D eigenvalue weighted by Crippen LogP contribution is 2.12. The fraction of sp³-hybridized carbons (Fsp3) is 0.417. The first-order valence-corrected chi connectivity index (χ1v) is 5.18. The second-order valence-electron chi connectivity index (χ2n) is 3.43. The molecular formula is C12H16FNO2. The number of carbonyl (C=O) groups excluding carboxylic acids is 1. The molecule has 1 aromatic carbocycles. The number of nitrogens with zero attached hydrogens (tertiary/aromatic N) is 1. The third-order valence-electron chi connectivity index (χ3n) is 2.26. The average Bonchev–Trinajstić information content (AvgIpc) is 2.34. The quantitative estimate of drug-likeness (QED) is 0.524. The van der Waals surface area contributed by atoms with Gasteiger partial charge in [0.1, 0.15) is 13.0 Å². The summed E-state index contributed by atoms with van der Waals surface area (Å²) in [5, 5.41) is 0. The molecule has 0 bridgehead atoms. The average molecular weight is 225 g/mol. The van der Waals surface area contributed by atoms with Crippen LogP contribution in [0.2, 0.25) is 0 Å². The molecule has 3 nitrogen and oxygen atoms in total. The van der Waals surface area contributed by atoms with Gasteiger partial charge in [-0.3, -0.25) is 4.79 Å². The molecule has 0 heterocycles. The molecule has 0 aliphatic heterocycles. The van der Waals surface area contributed by atoms with Crippen molar-refractivity contribution in [3.8, 4) is 0 Å². The third kappa shape index (κ3) is 3.98. The van der Waals surface area contributed by atoms with Crippen molar-refractivity contribution in [3.63, 3.8) is 0 Å². The van der Waals surface area contributed by atoms with Crippen LogP contribution in [0.1, 0.15) is 10.4 Å². The molecule has 0 radical (unpaired) electrons. The van der Waals surface area contributed by atoms with Crippen molar-refractivity contribution in [3.05, 3.63) is 29.8 Å². The summed E-state index contributed by atoms with van der Waals surface area (Å²) in [6.45, 7) is 0.895. The molecule has 0 aromatic heterocycles. The third-order valence-corrected chi connectivity index (χ3v) is 2.26. The highest BCUT2D eigenvalue weighted by atomic mass is 19.1. The molecule has 0 aliphatic carbocycles. The van der Waals surface area contributed by atoms with Gasteiger partial charge >= 0.3 is 0 Å². The second kappa shape index (κ2) is 6.95. The Labute approximate surface area is 94.8 Å². The summed E-state index contributed by atoms with van der Waals surface area (Å²) in [6.07, 6.45) is 0.814. The van der Waals surface area contributed by atoms with Crippen LogP contribution in [0.25, 0.3) is 0 Å². The minimum Gasteiger partial charge on any atom is -0.377 e. The van der Waals surface area contributed by atoms with E-state index in [0.29, 0.717) is 18.7 Å². The van der Waals surface area contributed by atoms with E-state index in [2.05, 4.69) is 0 Å². The first-order valence-electron chi connectivity index (χ1n) is 5.18. The maximum absolute atomic E-state index is 11.8. The number of ether oxygens (including phenoxy) is 1. The van der Waals surface area contributed by atoms with Gasteiger partial charge in [0, 0.05) is 24.8 Å². The molecule has 4 heteroatoms. The first-order chi connectivity index (χ1) is 7.77. The fourth-order valence-corrected chi connectivity index (χ4v) is 1.29. The lowest BCUT2D eigenvalue weighted by Crippen LogP contribution is -2.22. The molecule has 0 unspecified atom stereocenters. The summed E-state index contributed by atoms with van der Waals surface area (Å²) in [5.74, 6) is 0. The van der Waals surface area contributed by atoms with Crippen molar-refractivity contribution in [1.29, 1.82) is 0 Å². The number of hydrogen-bond acceptors (Lipinski definition) is 3. The van der Waals surface area contributed by atoms with Gasteiger partial charge in [0.25, 0.3) is 0 Å². The number of carbonyl (C=O) groups is 1. The zero-order valence-corrected chi connectivity index (χ0v) is 9.36. The van der Waals surface area contributed by atoms with Crippen LogP contribution in [0.4, 0.5) is 10.1 Å². The largest absolute Gasteiger partial charge is 0.377 e. The van der Waals surface area contributed by atoms with Crippen molar-refractivity contribution in [2.24, 2.45) is 0 Å². The van der Waals surface area contributed by atoms with E-state index in [0.717, 1.165) is 12.0 Å². The van der Waals surface area contributed by atoms with Gasteiger partial charge in [0.15, 0.2) is 0 Å². The Kier molecular flexibility index (Phi) is 5.50. The number of aldehydes is 1. The van der Waals surface area contributed by atoms with E-state index in [1.54, 1.807) is 12.1 Å². The van der Waals surface area contributed by atoms with Crippen molar-refractivity contribution >= 4 is 12.0 Å². The Morgan fingerprint density at radius 3 is 2.56 bits per heavy atom. The molecule has 0 spiro atoms. The molecule has 0 aliphatic rings. The standard InChI is InChI=1S/C12H16FNO2/c1-14(7-9-16-8-6-13)12-4-2-11(10-15)3-5-12/h2-5,10H,6-9H2,1H3. The molecule has 0 N–H and O–H groups in total. The number of rotatable bonds is 7. The van der Waals surface area contributed by atoms with Crippen LogP contribution in [0, 0.1) is 0 Å². The predicted octanol–water partition coefficient (Wildman–Crippen LogP) is 1.92. The second-order valence-corrected chi connectivity index (χ2v) is 3.43. The van der Waals surface area contributed by atoms with Crippen LogP contribution < -0.4 is 4.90 Å². The van der Waals surface area contributed by atoms with Crippen LogP contribution in [0.5, 0.6) is 0 Å². The fourth-order valence-electron chi connectivity index (χ4n) is 1.29. The van der Waals surface area contributed by atoms with Gasteiger partial charge in [-0.2, -0.15) is 0 Å². The summed E-state index contributed by atoms with van der Waals surface area (Å²) in [6, 6.07) is 7.28. The molecule has 0 amide bonds. The Morgan fingerprint density at radius 2 is 2.00 bits per heavy atom.